The molecule has 1 aromatic heterocycles. The molecule has 1 aliphatic heterocycles. The molecule has 2 heterocycles. The van der Waals surface area contributed by atoms with E-state index in [4.69, 9.17) is 5.73 Å². The van der Waals surface area contributed by atoms with Crippen molar-refractivity contribution in [1.29, 1.82) is 0 Å². The summed E-state index contributed by atoms with van der Waals surface area (Å²) in [6, 6.07) is 8.12. The van der Waals surface area contributed by atoms with Crippen molar-refractivity contribution in [3.05, 3.63) is 36.0 Å². The molecule has 3 heteroatoms. The minimum Gasteiger partial charge on any atom is -0.398 e. The van der Waals surface area contributed by atoms with E-state index in [1.54, 1.807) is 0 Å². The van der Waals surface area contributed by atoms with Gasteiger partial charge >= 0.3 is 0 Å². The molecule has 2 atom stereocenters. The van der Waals surface area contributed by atoms with Crippen LogP contribution >= 0.6 is 0 Å². The Kier molecular flexibility index (Phi) is 3.15. The van der Waals surface area contributed by atoms with E-state index in [2.05, 4.69) is 35.9 Å². The summed E-state index contributed by atoms with van der Waals surface area (Å²) in [5.74, 6) is 1.57. The van der Waals surface area contributed by atoms with E-state index in [-0.39, 0.29) is 0 Å². The molecule has 2 aromatic rings. The zero-order valence-corrected chi connectivity index (χ0v) is 11.6. The summed E-state index contributed by atoms with van der Waals surface area (Å²) in [4.78, 5) is 7.04. The van der Waals surface area contributed by atoms with Crippen molar-refractivity contribution in [3.63, 3.8) is 0 Å². The van der Waals surface area contributed by atoms with Gasteiger partial charge in [0.1, 0.15) is 0 Å². The van der Waals surface area contributed by atoms with Crippen LogP contribution in [-0.4, -0.2) is 23.0 Å². The van der Waals surface area contributed by atoms with Crippen LogP contribution in [0.3, 0.4) is 0 Å². The number of nitrogens with two attached hydrogens (primary N) is 1. The molecule has 1 fully saturated rings. The van der Waals surface area contributed by atoms with Crippen molar-refractivity contribution < 1.29 is 0 Å². The summed E-state index contributed by atoms with van der Waals surface area (Å²) in [5, 5.41) is 1.07. The van der Waals surface area contributed by atoms with Crippen LogP contribution < -0.4 is 5.73 Å². The van der Waals surface area contributed by atoms with Gasteiger partial charge in [-0.3, -0.25) is 9.88 Å². The third-order valence-electron chi connectivity index (χ3n) is 4.34. The Hall–Kier alpha value is -1.61. The lowest BCUT2D eigenvalue weighted by atomic mass is 10.0. The van der Waals surface area contributed by atoms with E-state index < -0.39 is 0 Å². The van der Waals surface area contributed by atoms with Gasteiger partial charge < -0.3 is 5.73 Å². The molecule has 0 bridgehead atoms. The number of pyridine rings is 1. The van der Waals surface area contributed by atoms with Crippen molar-refractivity contribution >= 4 is 16.6 Å². The standard InChI is InChI=1S/C16H21N3/c1-11-8-19(9-12(11)2)10-13-5-6-15(17)14-4-3-7-18-16(13)14/h3-7,11-12H,8-10,17H2,1-2H3. The van der Waals surface area contributed by atoms with Crippen molar-refractivity contribution in [2.45, 2.75) is 20.4 Å². The number of nitrogen functional groups attached to an aromatic ring is 1. The summed E-state index contributed by atoms with van der Waals surface area (Å²) < 4.78 is 0. The smallest absolute Gasteiger partial charge is 0.0767 e. The topological polar surface area (TPSA) is 42.1 Å². The predicted octanol–water partition coefficient (Wildman–Crippen LogP) is 2.90. The maximum absolute atomic E-state index is 6.02. The monoisotopic (exact) mass is 255 g/mol. The maximum Gasteiger partial charge on any atom is 0.0767 e. The molecule has 1 aliphatic rings. The highest BCUT2D eigenvalue weighted by molar-refractivity contribution is 5.92. The van der Waals surface area contributed by atoms with Gasteiger partial charge in [0, 0.05) is 36.9 Å². The highest BCUT2D eigenvalue weighted by Gasteiger charge is 2.26. The number of hydrogen-bond acceptors (Lipinski definition) is 3. The number of likely N-dealkylation sites (tertiary alicyclic amines) is 1. The van der Waals surface area contributed by atoms with Gasteiger partial charge in [-0.25, -0.2) is 0 Å². The normalized spacial score (nSPS) is 24.1. The fourth-order valence-electron chi connectivity index (χ4n) is 3.00. The Morgan fingerprint density at radius 1 is 1.21 bits per heavy atom. The van der Waals surface area contributed by atoms with Crippen LogP contribution in [0.2, 0.25) is 0 Å². The van der Waals surface area contributed by atoms with Crippen molar-refractivity contribution in [2.24, 2.45) is 11.8 Å². The minimum absolute atomic E-state index is 0.785. The molecule has 0 saturated carbocycles. The van der Waals surface area contributed by atoms with Gasteiger partial charge in [-0.2, -0.15) is 0 Å². The molecule has 3 rings (SSSR count). The average molecular weight is 255 g/mol. The van der Waals surface area contributed by atoms with Gasteiger partial charge in [-0.15, -0.1) is 0 Å². The second-order valence-corrected chi connectivity index (χ2v) is 5.86. The van der Waals surface area contributed by atoms with Crippen LogP contribution in [0.5, 0.6) is 0 Å². The maximum atomic E-state index is 6.02. The molecule has 0 aliphatic carbocycles. The molecule has 3 nitrogen and oxygen atoms in total. The van der Waals surface area contributed by atoms with E-state index in [0.29, 0.717) is 0 Å². The Labute approximate surface area is 114 Å². The summed E-state index contributed by atoms with van der Waals surface area (Å²) in [6.07, 6.45) is 1.85. The second kappa shape index (κ2) is 4.82. The third-order valence-corrected chi connectivity index (χ3v) is 4.34. The molecule has 19 heavy (non-hydrogen) atoms. The number of nitrogens with zero attached hydrogens (tertiary/aromatic N) is 2. The molecule has 0 amide bonds. The molecular weight excluding hydrogens is 234 g/mol. The van der Waals surface area contributed by atoms with Crippen LogP contribution in [0.1, 0.15) is 19.4 Å². The van der Waals surface area contributed by atoms with E-state index in [1.807, 2.05) is 18.3 Å². The fraction of sp³-hybridized carbons (Fsp3) is 0.438. The van der Waals surface area contributed by atoms with Crippen molar-refractivity contribution in [3.8, 4) is 0 Å². The van der Waals surface area contributed by atoms with Crippen LogP contribution in [0.4, 0.5) is 5.69 Å². The highest BCUT2D eigenvalue weighted by Crippen LogP contribution is 2.27. The molecule has 2 unspecified atom stereocenters. The minimum atomic E-state index is 0.785. The lowest BCUT2D eigenvalue weighted by molar-refractivity contribution is 0.317. The molecule has 2 N–H and O–H groups in total. The van der Waals surface area contributed by atoms with E-state index >= 15 is 0 Å². The summed E-state index contributed by atoms with van der Waals surface area (Å²) >= 11 is 0. The Bertz CT molecular complexity index is 584. The van der Waals surface area contributed by atoms with Gasteiger partial charge in [-0.1, -0.05) is 19.9 Å². The number of rotatable bonds is 2. The zero-order valence-electron chi connectivity index (χ0n) is 11.6. The Morgan fingerprint density at radius 3 is 2.68 bits per heavy atom. The van der Waals surface area contributed by atoms with E-state index in [9.17, 15) is 0 Å². The number of aromatic nitrogens is 1. The summed E-state index contributed by atoms with van der Waals surface area (Å²) in [5.41, 5.74) is 9.17. The Balaban J connectivity index is 1.92. The fourth-order valence-corrected chi connectivity index (χ4v) is 3.00. The third kappa shape index (κ3) is 2.30. The molecular formula is C16H21N3. The largest absolute Gasteiger partial charge is 0.398 e. The number of benzene rings is 1. The molecule has 0 radical (unpaired) electrons. The van der Waals surface area contributed by atoms with Gasteiger partial charge in [0.15, 0.2) is 0 Å². The zero-order chi connectivity index (χ0) is 13.4. The van der Waals surface area contributed by atoms with Gasteiger partial charge in [0.2, 0.25) is 0 Å². The van der Waals surface area contributed by atoms with Crippen molar-refractivity contribution in [1.82, 2.24) is 9.88 Å². The number of hydrogen-bond donors (Lipinski definition) is 1. The first kappa shape index (κ1) is 12.4. The predicted molar refractivity (Wildman–Crippen MR) is 79.8 cm³/mol. The lowest BCUT2D eigenvalue weighted by Gasteiger charge is -2.17. The van der Waals surface area contributed by atoms with Crippen LogP contribution in [0.25, 0.3) is 10.9 Å². The first-order valence-corrected chi connectivity index (χ1v) is 6.99. The summed E-state index contributed by atoms with van der Waals surface area (Å²) in [7, 11) is 0. The van der Waals surface area contributed by atoms with Crippen LogP contribution in [0.15, 0.2) is 30.5 Å². The second-order valence-electron chi connectivity index (χ2n) is 5.86. The summed E-state index contributed by atoms with van der Waals surface area (Å²) in [6.45, 7) is 8.01. The number of fused-ring (bicyclic) bond motifs is 1. The van der Waals surface area contributed by atoms with Gasteiger partial charge in [0.05, 0.1) is 5.52 Å². The molecule has 1 aromatic carbocycles. The van der Waals surface area contributed by atoms with Gasteiger partial charge in [0.25, 0.3) is 0 Å². The number of anilines is 1. The van der Waals surface area contributed by atoms with Gasteiger partial charge in [-0.05, 0) is 35.6 Å². The van der Waals surface area contributed by atoms with E-state index in [0.717, 1.165) is 35.0 Å². The van der Waals surface area contributed by atoms with E-state index in [1.165, 1.54) is 18.7 Å². The lowest BCUT2D eigenvalue weighted by Crippen LogP contribution is -2.20. The first-order valence-electron chi connectivity index (χ1n) is 6.99. The first-order chi connectivity index (χ1) is 9.15. The molecule has 0 spiro atoms. The molecule has 1 saturated heterocycles. The highest BCUT2D eigenvalue weighted by atomic mass is 15.1. The van der Waals surface area contributed by atoms with Crippen molar-refractivity contribution in [2.75, 3.05) is 18.8 Å². The Morgan fingerprint density at radius 2 is 1.95 bits per heavy atom. The SMILES string of the molecule is CC1CN(Cc2ccc(N)c3cccnc23)CC1C. The molecule has 100 valence electrons. The quantitative estimate of drug-likeness (QED) is 0.839. The average Bonchev–Trinajstić information content (AvgIpc) is 2.72. The van der Waals surface area contributed by atoms with Crippen LogP contribution in [0, 0.1) is 11.8 Å². The van der Waals surface area contributed by atoms with Crippen LogP contribution in [-0.2, 0) is 6.54 Å².